The molecule has 1 fully saturated rings. The molecule has 1 aromatic heterocycles. The molecule has 0 saturated heterocycles. The predicted molar refractivity (Wildman–Crippen MR) is 125 cm³/mol. The van der Waals surface area contributed by atoms with Gasteiger partial charge in [-0.2, -0.15) is 0 Å². The number of carbonyl (C=O) groups excluding carboxylic acids is 1. The zero-order valence-corrected chi connectivity index (χ0v) is 18.8. The van der Waals surface area contributed by atoms with Crippen molar-refractivity contribution in [2.75, 3.05) is 16.2 Å². The van der Waals surface area contributed by atoms with Crippen molar-refractivity contribution in [3.05, 3.63) is 71.6 Å². The van der Waals surface area contributed by atoms with Crippen LogP contribution in [0.3, 0.4) is 0 Å². The molecule has 1 N–H and O–H groups in total. The predicted octanol–water partition coefficient (Wildman–Crippen LogP) is 4.72. The second-order valence-corrected chi connectivity index (χ2v) is 9.54. The van der Waals surface area contributed by atoms with E-state index in [0.29, 0.717) is 29.4 Å². The third kappa shape index (κ3) is 4.60. The van der Waals surface area contributed by atoms with E-state index in [4.69, 9.17) is 4.52 Å². The van der Waals surface area contributed by atoms with Crippen LogP contribution in [0, 0.1) is 12.8 Å². The summed E-state index contributed by atoms with van der Waals surface area (Å²) in [6, 6.07) is 15.7. The Hall–Kier alpha value is -3.39. The summed E-state index contributed by atoms with van der Waals surface area (Å²) in [5, 5.41) is 6.83. The minimum atomic E-state index is -3.67. The Labute approximate surface area is 187 Å². The second kappa shape index (κ2) is 9.00. The van der Waals surface area contributed by atoms with E-state index in [1.807, 2.05) is 18.2 Å². The zero-order chi connectivity index (χ0) is 22.7. The molecule has 0 bridgehead atoms. The van der Waals surface area contributed by atoms with E-state index in [0.717, 1.165) is 18.4 Å². The van der Waals surface area contributed by atoms with Gasteiger partial charge in [0.2, 0.25) is 5.91 Å². The van der Waals surface area contributed by atoms with Gasteiger partial charge in [-0.25, -0.2) is 8.42 Å². The highest BCUT2D eigenvalue weighted by molar-refractivity contribution is 7.92. The van der Waals surface area contributed by atoms with Gasteiger partial charge in [0.15, 0.2) is 5.76 Å². The molecule has 1 aliphatic carbocycles. The summed E-state index contributed by atoms with van der Waals surface area (Å²) in [5.41, 5.74) is 2.60. The number of anilines is 2. The van der Waals surface area contributed by atoms with Gasteiger partial charge >= 0.3 is 0 Å². The average Bonchev–Trinajstić information content (AvgIpc) is 3.59. The second-order valence-electron chi connectivity index (χ2n) is 7.68. The molecule has 1 saturated carbocycles. The molecule has 3 aromatic rings. The molecular formula is C24H25N3O4S. The minimum absolute atomic E-state index is 0.0144. The maximum Gasteiger partial charge on any atom is 0.264 e. The Kier molecular flexibility index (Phi) is 6.14. The molecule has 0 spiro atoms. The Bertz CT molecular complexity index is 1230. The minimum Gasteiger partial charge on any atom is -0.354 e. The number of amides is 1. The molecule has 32 heavy (non-hydrogen) atoms. The highest BCUT2D eigenvalue weighted by Gasteiger charge is 2.31. The van der Waals surface area contributed by atoms with Gasteiger partial charge in [0.25, 0.3) is 10.0 Å². The number of benzene rings is 2. The first-order valence-corrected chi connectivity index (χ1v) is 12.0. The van der Waals surface area contributed by atoms with Crippen molar-refractivity contribution in [1.29, 1.82) is 0 Å². The fourth-order valence-corrected chi connectivity index (χ4v) is 4.83. The van der Waals surface area contributed by atoms with E-state index in [1.165, 1.54) is 4.31 Å². The summed E-state index contributed by atoms with van der Waals surface area (Å²) < 4.78 is 32.9. The molecule has 0 aliphatic heterocycles. The lowest BCUT2D eigenvalue weighted by molar-refractivity contribution is -0.117. The largest absolute Gasteiger partial charge is 0.354 e. The van der Waals surface area contributed by atoms with E-state index >= 15 is 0 Å². The number of hydrogen-bond donors (Lipinski definition) is 1. The summed E-state index contributed by atoms with van der Waals surface area (Å²) in [6.07, 6.45) is 5.33. The average molecular weight is 452 g/mol. The smallest absolute Gasteiger partial charge is 0.264 e. The van der Waals surface area contributed by atoms with E-state index in [1.54, 1.807) is 62.4 Å². The lowest BCUT2D eigenvalue weighted by Crippen LogP contribution is -2.30. The number of nitrogens with zero attached hydrogens (tertiary/aromatic N) is 2. The fourth-order valence-electron chi connectivity index (χ4n) is 3.36. The molecule has 4 rings (SSSR count). The molecule has 7 nitrogen and oxygen atoms in total. The first kappa shape index (κ1) is 21.8. The lowest BCUT2D eigenvalue weighted by Gasteiger charge is -2.22. The maximum atomic E-state index is 13.1. The van der Waals surface area contributed by atoms with Gasteiger partial charge in [0.05, 0.1) is 10.6 Å². The Morgan fingerprint density at radius 3 is 2.44 bits per heavy atom. The monoisotopic (exact) mass is 451 g/mol. The molecule has 8 heteroatoms. The van der Waals surface area contributed by atoms with Crippen LogP contribution in [0.2, 0.25) is 0 Å². The topological polar surface area (TPSA) is 92.5 Å². The highest BCUT2D eigenvalue weighted by atomic mass is 32.2. The van der Waals surface area contributed by atoms with Crippen LogP contribution in [0.25, 0.3) is 12.2 Å². The number of hydrogen-bond acceptors (Lipinski definition) is 5. The van der Waals surface area contributed by atoms with E-state index in [9.17, 15) is 13.2 Å². The first-order valence-electron chi connectivity index (χ1n) is 10.5. The molecule has 1 aliphatic rings. The van der Waals surface area contributed by atoms with Gasteiger partial charge in [-0.15, -0.1) is 0 Å². The molecule has 0 radical (unpaired) electrons. The highest BCUT2D eigenvalue weighted by Crippen LogP contribution is 2.32. The fraction of sp³-hybridized carbons (Fsp3) is 0.250. The summed E-state index contributed by atoms with van der Waals surface area (Å²) in [6.45, 7) is 3.91. The van der Waals surface area contributed by atoms with Gasteiger partial charge in [-0.05, 0) is 62.6 Å². The van der Waals surface area contributed by atoms with E-state index in [-0.39, 0.29) is 16.7 Å². The van der Waals surface area contributed by atoms with E-state index < -0.39 is 10.0 Å². The van der Waals surface area contributed by atoms with Crippen LogP contribution in [0.5, 0.6) is 0 Å². The Balaban J connectivity index is 1.52. The summed E-state index contributed by atoms with van der Waals surface area (Å²) in [7, 11) is -3.67. The summed E-state index contributed by atoms with van der Waals surface area (Å²) in [4.78, 5) is 12.3. The number of sulfonamides is 1. The van der Waals surface area contributed by atoms with Gasteiger partial charge in [-0.1, -0.05) is 41.6 Å². The van der Waals surface area contributed by atoms with Crippen LogP contribution in [0.4, 0.5) is 11.4 Å². The van der Waals surface area contributed by atoms with Gasteiger partial charge in [0, 0.05) is 12.5 Å². The lowest BCUT2D eigenvalue weighted by atomic mass is 10.2. The quantitative estimate of drug-likeness (QED) is 0.535. The van der Waals surface area contributed by atoms with Crippen molar-refractivity contribution >= 4 is 39.5 Å². The summed E-state index contributed by atoms with van der Waals surface area (Å²) in [5.74, 6) is 0.517. The van der Waals surface area contributed by atoms with E-state index in [2.05, 4.69) is 10.5 Å². The number of aromatic nitrogens is 1. The number of rotatable bonds is 8. The number of para-hydroxylation sites is 1. The number of aryl methyl sites for hydroxylation is 1. The third-order valence-corrected chi connectivity index (χ3v) is 7.23. The van der Waals surface area contributed by atoms with Crippen molar-refractivity contribution < 1.29 is 17.7 Å². The molecule has 1 heterocycles. The van der Waals surface area contributed by atoms with Crippen molar-refractivity contribution in [3.63, 3.8) is 0 Å². The Morgan fingerprint density at radius 2 is 1.81 bits per heavy atom. The van der Waals surface area contributed by atoms with Crippen LogP contribution in [0.15, 0.2) is 64.0 Å². The van der Waals surface area contributed by atoms with Crippen molar-refractivity contribution in [2.24, 2.45) is 5.92 Å². The molecule has 0 unspecified atom stereocenters. The van der Waals surface area contributed by atoms with Crippen LogP contribution in [-0.2, 0) is 14.8 Å². The molecule has 1 amide bonds. The van der Waals surface area contributed by atoms with Gasteiger partial charge in [-0.3, -0.25) is 9.10 Å². The normalized spacial score (nSPS) is 13.9. The first-order chi connectivity index (χ1) is 15.4. The van der Waals surface area contributed by atoms with Crippen LogP contribution in [-0.4, -0.2) is 26.0 Å². The van der Waals surface area contributed by atoms with Crippen molar-refractivity contribution in [1.82, 2.24) is 5.16 Å². The number of nitrogens with one attached hydrogen (secondary N) is 1. The van der Waals surface area contributed by atoms with Crippen LogP contribution >= 0.6 is 0 Å². The maximum absolute atomic E-state index is 13.1. The van der Waals surface area contributed by atoms with Crippen molar-refractivity contribution in [3.8, 4) is 0 Å². The van der Waals surface area contributed by atoms with Crippen LogP contribution < -0.4 is 9.62 Å². The summed E-state index contributed by atoms with van der Waals surface area (Å²) >= 11 is 0. The third-order valence-electron chi connectivity index (χ3n) is 5.31. The molecule has 166 valence electrons. The Morgan fingerprint density at radius 1 is 1.12 bits per heavy atom. The van der Waals surface area contributed by atoms with Gasteiger partial charge < -0.3 is 9.84 Å². The number of carbonyl (C=O) groups is 1. The van der Waals surface area contributed by atoms with Crippen molar-refractivity contribution in [2.45, 2.75) is 31.6 Å². The molecular weight excluding hydrogens is 426 g/mol. The molecule has 2 aromatic carbocycles. The SMILES string of the molecule is CCN(c1ccccc1)S(=O)(=O)c1ccc(C=Cc2onc(C)c2NC(=O)C2CC2)cc1. The standard InChI is InChI=1S/C24H25N3O4S/c1-3-27(20-7-5-4-6-8-20)32(29,30)21-14-9-18(10-15-21)11-16-22-23(17(2)26-31-22)25-24(28)19-12-13-19/h4-11,14-16,19H,3,12-13H2,1-2H3,(H,25,28). The molecule has 0 atom stereocenters. The van der Waals surface area contributed by atoms with Crippen LogP contribution in [0.1, 0.15) is 36.8 Å². The zero-order valence-electron chi connectivity index (χ0n) is 18.0. The van der Waals surface area contributed by atoms with Gasteiger partial charge in [0.1, 0.15) is 11.4 Å².